The van der Waals surface area contributed by atoms with Crippen LogP contribution in [0.3, 0.4) is 0 Å². The number of nitrogens with one attached hydrogen (secondary N) is 2. The van der Waals surface area contributed by atoms with Gasteiger partial charge in [-0.3, -0.25) is 4.79 Å². The molecule has 3 nitrogen and oxygen atoms in total. The van der Waals surface area contributed by atoms with Gasteiger partial charge >= 0.3 is 0 Å². The third-order valence-corrected chi connectivity index (χ3v) is 3.57. The molecule has 0 spiro atoms. The van der Waals surface area contributed by atoms with Crippen LogP contribution in [0.2, 0.25) is 0 Å². The molecule has 4 heteroatoms. The van der Waals surface area contributed by atoms with E-state index in [0.29, 0.717) is 5.92 Å². The SMILES string of the molecule is CC(NC(=O)c1ccccc1F)C1CCNCC1. The number of hydrogen-bond acceptors (Lipinski definition) is 2. The molecule has 0 aromatic heterocycles. The summed E-state index contributed by atoms with van der Waals surface area (Å²) < 4.78 is 13.5. The number of halogens is 1. The molecule has 1 amide bonds. The minimum Gasteiger partial charge on any atom is -0.349 e. The molecule has 1 aromatic rings. The van der Waals surface area contributed by atoms with Crippen molar-refractivity contribution >= 4 is 5.91 Å². The monoisotopic (exact) mass is 250 g/mol. The molecule has 1 fully saturated rings. The molecule has 1 atom stereocenters. The lowest BCUT2D eigenvalue weighted by molar-refractivity contribution is 0.0916. The average Bonchev–Trinajstić information content (AvgIpc) is 2.40. The van der Waals surface area contributed by atoms with E-state index in [1.807, 2.05) is 6.92 Å². The van der Waals surface area contributed by atoms with E-state index >= 15 is 0 Å². The van der Waals surface area contributed by atoms with Crippen LogP contribution in [0.15, 0.2) is 24.3 Å². The zero-order chi connectivity index (χ0) is 13.0. The van der Waals surface area contributed by atoms with E-state index in [0.717, 1.165) is 25.9 Å². The van der Waals surface area contributed by atoms with Crippen LogP contribution >= 0.6 is 0 Å². The van der Waals surface area contributed by atoms with Crippen LogP contribution in [0.1, 0.15) is 30.1 Å². The van der Waals surface area contributed by atoms with Crippen molar-refractivity contribution in [3.8, 4) is 0 Å². The molecule has 2 rings (SSSR count). The minimum absolute atomic E-state index is 0.0826. The number of rotatable bonds is 3. The summed E-state index contributed by atoms with van der Waals surface area (Å²) in [5.41, 5.74) is 0.123. The van der Waals surface area contributed by atoms with Crippen molar-refractivity contribution in [1.29, 1.82) is 0 Å². The Hall–Kier alpha value is -1.42. The van der Waals surface area contributed by atoms with Crippen LogP contribution in [0.5, 0.6) is 0 Å². The summed E-state index contributed by atoms with van der Waals surface area (Å²) in [6.07, 6.45) is 2.11. The lowest BCUT2D eigenvalue weighted by Crippen LogP contribution is -2.42. The van der Waals surface area contributed by atoms with E-state index in [2.05, 4.69) is 10.6 Å². The molecule has 1 aliphatic heterocycles. The highest BCUT2D eigenvalue weighted by Crippen LogP contribution is 2.16. The van der Waals surface area contributed by atoms with Gasteiger partial charge < -0.3 is 10.6 Å². The number of carbonyl (C=O) groups is 1. The van der Waals surface area contributed by atoms with Crippen molar-refractivity contribution in [2.75, 3.05) is 13.1 Å². The summed E-state index contributed by atoms with van der Waals surface area (Å²) in [6.45, 7) is 3.98. The Morgan fingerprint density at radius 2 is 2.06 bits per heavy atom. The van der Waals surface area contributed by atoms with Crippen molar-refractivity contribution in [2.45, 2.75) is 25.8 Å². The van der Waals surface area contributed by atoms with Gasteiger partial charge in [0.05, 0.1) is 5.56 Å². The quantitative estimate of drug-likeness (QED) is 0.861. The first-order chi connectivity index (χ1) is 8.68. The molecule has 0 radical (unpaired) electrons. The zero-order valence-electron chi connectivity index (χ0n) is 10.6. The molecule has 1 aromatic carbocycles. The Kier molecular flexibility index (Phi) is 4.31. The van der Waals surface area contributed by atoms with E-state index in [-0.39, 0.29) is 17.5 Å². The van der Waals surface area contributed by atoms with E-state index in [9.17, 15) is 9.18 Å². The van der Waals surface area contributed by atoms with Crippen molar-refractivity contribution in [3.63, 3.8) is 0 Å². The highest BCUT2D eigenvalue weighted by molar-refractivity contribution is 5.94. The smallest absolute Gasteiger partial charge is 0.254 e. The molecule has 98 valence electrons. The van der Waals surface area contributed by atoms with Gasteiger partial charge in [-0.2, -0.15) is 0 Å². The maximum atomic E-state index is 13.5. The van der Waals surface area contributed by atoms with Crippen LogP contribution < -0.4 is 10.6 Å². The summed E-state index contributed by atoms with van der Waals surface area (Å²) in [6, 6.07) is 6.17. The molecule has 1 unspecified atom stereocenters. The Balaban J connectivity index is 1.96. The molecular formula is C14H19FN2O. The van der Waals surface area contributed by atoms with E-state index in [1.54, 1.807) is 12.1 Å². The summed E-state index contributed by atoms with van der Waals surface area (Å²) in [5.74, 6) is -0.311. The maximum Gasteiger partial charge on any atom is 0.254 e. The first-order valence-corrected chi connectivity index (χ1v) is 6.44. The fraction of sp³-hybridized carbons (Fsp3) is 0.500. The molecule has 0 saturated carbocycles. The molecule has 1 aliphatic rings. The van der Waals surface area contributed by atoms with Crippen LogP contribution in [0.4, 0.5) is 4.39 Å². The number of hydrogen-bond donors (Lipinski definition) is 2. The topological polar surface area (TPSA) is 41.1 Å². The Labute approximate surface area is 107 Å². The second-order valence-electron chi connectivity index (χ2n) is 4.83. The molecule has 1 saturated heterocycles. The second-order valence-corrected chi connectivity index (χ2v) is 4.83. The van der Waals surface area contributed by atoms with E-state index < -0.39 is 5.82 Å². The standard InChI is InChI=1S/C14H19FN2O/c1-10(11-6-8-16-9-7-11)17-14(18)12-4-2-3-5-13(12)15/h2-5,10-11,16H,6-9H2,1H3,(H,17,18). The summed E-state index contributed by atoms with van der Waals surface area (Å²) >= 11 is 0. The molecule has 1 heterocycles. The predicted molar refractivity (Wildman–Crippen MR) is 68.9 cm³/mol. The zero-order valence-corrected chi connectivity index (χ0v) is 10.6. The van der Waals surface area contributed by atoms with Crippen molar-refractivity contribution in [1.82, 2.24) is 10.6 Å². The van der Waals surface area contributed by atoms with Crippen LogP contribution in [0, 0.1) is 11.7 Å². The number of amides is 1. The van der Waals surface area contributed by atoms with Gasteiger partial charge in [-0.15, -0.1) is 0 Å². The summed E-state index contributed by atoms with van der Waals surface area (Å²) in [7, 11) is 0. The van der Waals surface area contributed by atoms with Gasteiger partial charge in [0.15, 0.2) is 0 Å². The number of piperidine rings is 1. The van der Waals surface area contributed by atoms with Gasteiger partial charge in [-0.05, 0) is 50.9 Å². The third kappa shape index (κ3) is 3.07. The van der Waals surface area contributed by atoms with Crippen LogP contribution in [-0.2, 0) is 0 Å². The van der Waals surface area contributed by atoms with Crippen molar-refractivity contribution < 1.29 is 9.18 Å². The van der Waals surface area contributed by atoms with Gasteiger partial charge in [-0.25, -0.2) is 4.39 Å². The molecule has 0 aliphatic carbocycles. The maximum absolute atomic E-state index is 13.5. The fourth-order valence-corrected chi connectivity index (χ4v) is 2.39. The lowest BCUT2D eigenvalue weighted by atomic mass is 9.91. The Morgan fingerprint density at radius 3 is 2.72 bits per heavy atom. The minimum atomic E-state index is -0.465. The van der Waals surface area contributed by atoms with Gasteiger partial charge in [0.2, 0.25) is 0 Å². The first-order valence-electron chi connectivity index (χ1n) is 6.44. The highest BCUT2D eigenvalue weighted by atomic mass is 19.1. The number of benzene rings is 1. The largest absolute Gasteiger partial charge is 0.349 e. The summed E-state index contributed by atoms with van der Waals surface area (Å²) in [5, 5.41) is 6.19. The van der Waals surface area contributed by atoms with Gasteiger partial charge in [0.1, 0.15) is 5.82 Å². The second kappa shape index (κ2) is 5.96. The number of carbonyl (C=O) groups excluding carboxylic acids is 1. The average molecular weight is 250 g/mol. The molecule has 18 heavy (non-hydrogen) atoms. The van der Waals surface area contributed by atoms with Gasteiger partial charge in [0.25, 0.3) is 5.91 Å². The lowest BCUT2D eigenvalue weighted by Gasteiger charge is -2.28. The van der Waals surface area contributed by atoms with Crippen molar-refractivity contribution in [3.05, 3.63) is 35.6 Å². The van der Waals surface area contributed by atoms with Gasteiger partial charge in [-0.1, -0.05) is 12.1 Å². The van der Waals surface area contributed by atoms with E-state index in [1.165, 1.54) is 12.1 Å². The molecule has 0 bridgehead atoms. The van der Waals surface area contributed by atoms with Gasteiger partial charge in [0, 0.05) is 6.04 Å². The predicted octanol–water partition coefficient (Wildman–Crippen LogP) is 1.94. The molecule has 2 N–H and O–H groups in total. The normalized spacial score (nSPS) is 18.3. The van der Waals surface area contributed by atoms with E-state index in [4.69, 9.17) is 0 Å². The summed E-state index contributed by atoms with van der Waals surface area (Å²) in [4.78, 5) is 12.0. The Bertz CT molecular complexity index is 416. The third-order valence-electron chi connectivity index (χ3n) is 3.57. The van der Waals surface area contributed by atoms with Crippen LogP contribution in [-0.4, -0.2) is 25.0 Å². The fourth-order valence-electron chi connectivity index (χ4n) is 2.39. The highest BCUT2D eigenvalue weighted by Gasteiger charge is 2.22. The molecular weight excluding hydrogens is 231 g/mol. The van der Waals surface area contributed by atoms with Crippen molar-refractivity contribution in [2.24, 2.45) is 5.92 Å². The first kappa shape index (κ1) is 13.0. The van der Waals surface area contributed by atoms with Crippen LogP contribution in [0.25, 0.3) is 0 Å². The Morgan fingerprint density at radius 1 is 1.39 bits per heavy atom.